The molecule has 0 aliphatic rings. The van der Waals surface area contributed by atoms with Gasteiger partial charge in [-0.2, -0.15) is 5.10 Å². The fraction of sp³-hybridized carbons (Fsp3) is 0.158. The molecule has 2 rings (SSSR count). The summed E-state index contributed by atoms with van der Waals surface area (Å²) in [5.41, 5.74) is 4.01. The molecule has 6 heteroatoms. The van der Waals surface area contributed by atoms with Crippen LogP contribution in [0.4, 0.5) is 0 Å². The topological polar surface area (TPSA) is 69.2 Å². The largest absolute Gasteiger partial charge is 0.497 e. The van der Waals surface area contributed by atoms with Gasteiger partial charge in [-0.15, -0.1) is 0 Å². The van der Waals surface area contributed by atoms with Crippen LogP contribution in [0.15, 0.2) is 53.6 Å². The van der Waals surface area contributed by atoms with Gasteiger partial charge in [0.05, 0.1) is 27.5 Å². The molecule has 0 atom stereocenters. The van der Waals surface area contributed by atoms with Crippen LogP contribution in [0.3, 0.4) is 0 Å². The zero-order chi connectivity index (χ0) is 18.1. The first kappa shape index (κ1) is 18.1. The van der Waals surface area contributed by atoms with Gasteiger partial charge in [-0.3, -0.25) is 4.79 Å². The van der Waals surface area contributed by atoms with Crippen LogP contribution in [0.25, 0.3) is 6.08 Å². The molecule has 0 heterocycles. The number of rotatable bonds is 7. The minimum atomic E-state index is -0.339. The zero-order valence-corrected chi connectivity index (χ0v) is 14.4. The molecule has 0 spiro atoms. The minimum Gasteiger partial charge on any atom is -0.497 e. The van der Waals surface area contributed by atoms with E-state index in [1.165, 1.54) is 12.3 Å². The van der Waals surface area contributed by atoms with Crippen molar-refractivity contribution >= 4 is 18.2 Å². The highest BCUT2D eigenvalue weighted by Crippen LogP contribution is 2.22. The van der Waals surface area contributed by atoms with Gasteiger partial charge in [0.1, 0.15) is 17.2 Å². The van der Waals surface area contributed by atoms with E-state index in [-0.39, 0.29) is 5.91 Å². The molecular weight excluding hydrogens is 320 g/mol. The van der Waals surface area contributed by atoms with Crippen molar-refractivity contribution in [1.29, 1.82) is 0 Å². The van der Waals surface area contributed by atoms with E-state index >= 15 is 0 Å². The number of methoxy groups -OCH3 is 3. The molecule has 1 N–H and O–H groups in total. The second-order valence-corrected chi connectivity index (χ2v) is 4.95. The van der Waals surface area contributed by atoms with E-state index in [9.17, 15) is 4.79 Å². The van der Waals surface area contributed by atoms with E-state index in [0.717, 1.165) is 11.3 Å². The number of hydrogen-bond acceptors (Lipinski definition) is 5. The number of amides is 1. The Labute approximate surface area is 146 Å². The highest BCUT2D eigenvalue weighted by Gasteiger charge is 2.02. The third-order valence-corrected chi connectivity index (χ3v) is 3.36. The number of nitrogens with one attached hydrogen (secondary N) is 1. The summed E-state index contributed by atoms with van der Waals surface area (Å²) in [4.78, 5) is 11.8. The third kappa shape index (κ3) is 5.39. The molecular formula is C19H20N2O4. The van der Waals surface area contributed by atoms with Crippen LogP contribution in [0.1, 0.15) is 11.1 Å². The maximum atomic E-state index is 11.8. The summed E-state index contributed by atoms with van der Waals surface area (Å²) in [6.07, 6.45) is 4.60. The lowest BCUT2D eigenvalue weighted by Gasteiger charge is -2.06. The average Bonchev–Trinajstić information content (AvgIpc) is 2.66. The molecule has 2 aromatic rings. The quantitative estimate of drug-likeness (QED) is 0.478. The van der Waals surface area contributed by atoms with Gasteiger partial charge >= 0.3 is 0 Å². The van der Waals surface area contributed by atoms with Gasteiger partial charge in [0.25, 0.3) is 5.91 Å². The molecule has 6 nitrogen and oxygen atoms in total. The van der Waals surface area contributed by atoms with Crippen LogP contribution >= 0.6 is 0 Å². The van der Waals surface area contributed by atoms with Crippen LogP contribution in [-0.4, -0.2) is 33.5 Å². The van der Waals surface area contributed by atoms with Gasteiger partial charge in [0.2, 0.25) is 0 Å². The first-order valence-corrected chi connectivity index (χ1v) is 7.53. The highest BCUT2D eigenvalue weighted by atomic mass is 16.5. The van der Waals surface area contributed by atoms with Gasteiger partial charge in [-0.25, -0.2) is 5.43 Å². The van der Waals surface area contributed by atoms with Crippen molar-refractivity contribution in [2.75, 3.05) is 21.3 Å². The van der Waals surface area contributed by atoms with Gasteiger partial charge in [0.15, 0.2) is 0 Å². The van der Waals surface area contributed by atoms with Crippen LogP contribution in [0.5, 0.6) is 17.2 Å². The third-order valence-electron chi connectivity index (χ3n) is 3.36. The second kappa shape index (κ2) is 9.12. The molecule has 0 saturated carbocycles. The summed E-state index contributed by atoms with van der Waals surface area (Å²) in [5.74, 6) is 1.73. The predicted octanol–water partition coefficient (Wildman–Crippen LogP) is 2.88. The Kier molecular flexibility index (Phi) is 6.59. The van der Waals surface area contributed by atoms with Crippen molar-refractivity contribution in [2.24, 2.45) is 5.10 Å². The maximum Gasteiger partial charge on any atom is 0.264 e. The molecule has 0 aromatic heterocycles. The van der Waals surface area contributed by atoms with Gasteiger partial charge in [0, 0.05) is 11.6 Å². The summed E-state index contributed by atoms with van der Waals surface area (Å²) in [5, 5.41) is 3.93. The van der Waals surface area contributed by atoms with Crippen molar-refractivity contribution in [2.45, 2.75) is 0 Å². The summed E-state index contributed by atoms with van der Waals surface area (Å²) >= 11 is 0. The molecule has 130 valence electrons. The van der Waals surface area contributed by atoms with E-state index in [2.05, 4.69) is 10.5 Å². The summed E-state index contributed by atoms with van der Waals surface area (Å²) < 4.78 is 15.5. The molecule has 0 radical (unpaired) electrons. The first-order chi connectivity index (χ1) is 12.2. The Morgan fingerprint density at radius 1 is 0.960 bits per heavy atom. The van der Waals surface area contributed by atoms with Crippen LogP contribution in [-0.2, 0) is 4.79 Å². The van der Waals surface area contributed by atoms with E-state index in [1.807, 2.05) is 24.3 Å². The highest BCUT2D eigenvalue weighted by molar-refractivity contribution is 5.93. The van der Waals surface area contributed by atoms with Gasteiger partial charge in [-0.1, -0.05) is 12.1 Å². The molecule has 0 aliphatic heterocycles. The fourth-order valence-electron chi connectivity index (χ4n) is 2.03. The number of carbonyl (C=O) groups is 1. The van der Waals surface area contributed by atoms with Crippen molar-refractivity contribution in [3.63, 3.8) is 0 Å². The Balaban J connectivity index is 1.96. The number of hydrogen-bond donors (Lipinski definition) is 1. The minimum absolute atomic E-state index is 0.339. The van der Waals surface area contributed by atoms with Gasteiger partial charge in [-0.05, 0) is 42.0 Å². The predicted molar refractivity (Wildman–Crippen MR) is 97.3 cm³/mol. The molecule has 2 aromatic carbocycles. The normalized spacial score (nSPS) is 10.8. The van der Waals surface area contributed by atoms with Crippen LogP contribution in [0, 0.1) is 0 Å². The number of hydrazone groups is 1. The second-order valence-electron chi connectivity index (χ2n) is 4.95. The lowest BCUT2D eigenvalue weighted by atomic mass is 10.2. The lowest BCUT2D eigenvalue weighted by Crippen LogP contribution is -2.14. The number of carbonyl (C=O) groups excluding carboxylic acids is 1. The molecule has 0 fully saturated rings. The number of ether oxygens (including phenoxy) is 3. The molecule has 1 amide bonds. The molecule has 0 aliphatic carbocycles. The Morgan fingerprint density at radius 2 is 1.64 bits per heavy atom. The standard InChI is InChI=1S/C19H20N2O4/c1-23-16-7-4-14(5-8-16)6-11-19(22)21-20-13-15-12-17(24-2)9-10-18(15)25-3/h4-13H,1-3H3,(H,21,22)/b11-6+,20-13-. The van der Waals surface area contributed by atoms with Crippen molar-refractivity contribution in [3.8, 4) is 17.2 Å². The Bertz CT molecular complexity index is 767. The number of nitrogens with zero attached hydrogens (tertiary/aromatic N) is 1. The van der Waals surface area contributed by atoms with E-state index in [4.69, 9.17) is 14.2 Å². The smallest absolute Gasteiger partial charge is 0.264 e. The fourth-order valence-corrected chi connectivity index (χ4v) is 2.03. The zero-order valence-electron chi connectivity index (χ0n) is 14.4. The number of benzene rings is 2. The first-order valence-electron chi connectivity index (χ1n) is 7.53. The Morgan fingerprint density at radius 3 is 2.28 bits per heavy atom. The van der Waals surface area contributed by atoms with Crippen LogP contribution < -0.4 is 19.6 Å². The average molecular weight is 340 g/mol. The van der Waals surface area contributed by atoms with Gasteiger partial charge < -0.3 is 14.2 Å². The molecule has 0 bridgehead atoms. The van der Waals surface area contributed by atoms with Crippen LogP contribution in [0.2, 0.25) is 0 Å². The van der Waals surface area contributed by atoms with E-state index in [1.54, 1.807) is 45.6 Å². The van der Waals surface area contributed by atoms with Crippen molar-refractivity contribution in [1.82, 2.24) is 5.43 Å². The summed E-state index contributed by atoms with van der Waals surface area (Å²) in [7, 11) is 4.75. The molecule has 0 unspecified atom stereocenters. The molecule has 25 heavy (non-hydrogen) atoms. The summed E-state index contributed by atoms with van der Waals surface area (Å²) in [6.45, 7) is 0. The SMILES string of the molecule is COc1ccc(/C=C/C(=O)N/N=C\c2cc(OC)ccc2OC)cc1. The monoisotopic (exact) mass is 340 g/mol. The van der Waals surface area contributed by atoms with E-state index in [0.29, 0.717) is 17.1 Å². The van der Waals surface area contributed by atoms with Crippen molar-refractivity contribution in [3.05, 3.63) is 59.7 Å². The summed E-state index contributed by atoms with van der Waals surface area (Å²) in [6, 6.07) is 12.7. The molecule has 0 saturated heterocycles. The Hall–Kier alpha value is -3.28. The van der Waals surface area contributed by atoms with E-state index < -0.39 is 0 Å². The lowest BCUT2D eigenvalue weighted by molar-refractivity contribution is -0.116. The maximum absolute atomic E-state index is 11.8. The van der Waals surface area contributed by atoms with Crippen molar-refractivity contribution < 1.29 is 19.0 Å².